The highest BCUT2D eigenvalue weighted by atomic mass is 79.9. The lowest BCUT2D eigenvalue weighted by Crippen LogP contribution is -2.30. The van der Waals surface area contributed by atoms with E-state index in [2.05, 4.69) is 21.2 Å². The third-order valence-electron chi connectivity index (χ3n) is 2.86. The molecule has 1 amide bonds. The maximum Gasteiger partial charge on any atom is 0.335 e. The van der Waals surface area contributed by atoms with Crippen LogP contribution in [0, 0.1) is 0 Å². The Bertz CT molecular complexity index is 702. The largest absolute Gasteiger partial charge is 0.481 e. The highest BCUT2D eigenvalue weighted by molar-refractivity contribution is 9.10. The van der Waals surface area contributed by atoms with Gasteiger partial charge in [-0.25, -0.2) is 4.79 Å². The molecule has 0 aliphatic heterocycles. The number of carboxylic acid groups (broad SMARTS) is 1. The molecule has 0 fully saturated rings. The lowest BCUT2D eigenvalue weighted by atomic mass is 10.2. The van der Waals surface area contributed by atoms with Gasteiger partial charge in [0.25, 0.3) is 5.91 Å². The molecule has 0 bridgehead atoms. The molecule has 0 spiro atoms. The number of hydrogen-bond donors (Lipinski definition) is 2. The predicted octanol–water partition coefficient (Wildman–Crippen LogP) is 3.55. The van der Waals surface area contributed by atoms with E-state index in [4.69, 9.17) is 9.84 Å². The van der Waals surface area contributed by atoms with E-state index in [0.717, 1.165) is 4.47 Å². The molecule has 22 heavy (non-hydrogen) atoms. The Kier molecular flexibility index (Phi) is 5.16. The van der Waals surface area contributed by atoms with Gasteiger partial charge >= 0.3 is 5.97 Å². The first-order chi connectivity index (χ1) is 10.5. The van der Waals surface area contributed by atoms with Crippen molar-refractivity contribution in [3.63, 3.8) is 0 Å². The molecular formula is C16H14BrNO4. The highest BCUT2D eigenvalue weighted by Gasteiger charge is 2.15. The van der Waals surface area contributed by atoms with Gasteiger partial charge in [-0.2, -0.15) is 0 Å². The van der Waals surface area contributed by atoms with Crippen molar-refractivity contribution in [2.24, 2.45) is 0 Å². The molecule has 0 aromatic heterocycles. The predicted molar refractivity (Wildman–Crippen MR) is 86.3 cm³/mol. The zero-order valence-electron chi connectivity index (χ0n) is 11.7. The van der Waals surface area contributed by atoms with Gasteiger partial charge in [0.1, 0.15) is 5.75 Å². The second-order valence-corrected chi connectivity index (χ2v) is 5.51. The lowest BCUT2D eigenvalue weighted by Gasteiger charge is -2.15. The summed E-state index contributed by atoms with van der Waals surface area (Å²) >= 11 is 3.33. The maximum atomic E-state index is 12.1. The molecule has 114 valence electrons. The Hall–Kier alpha value is -2.34. The van der Waals surface area contributed by atoms with E-state index in [1.807, 2.05) is 6.07 Å². The summed E-state index contributed by atoms with van der Waals surface area (Å²) in [5.74, 6) is -0.839. The van der Waals surface area contributed by atoms with Gasteiger partial charge in [0, 0.05) is 10.2 Å². The number of anilines is 1. The second-order valence-electron chi connectivity index (χ2n) is 4.59. The van der Waals surface area contributed by atoms with Crippen LogP contribution in [0.4, 0.5) is 5.69 Å². The van der Waals surface area contributed by atoms with Gasteiger partial charge in [0.05, 0.1) is 5.56 Å². The van der Waals surface area contributed by atoms with Crippen LogP contribution in [0.3, 0.4) is 0 Å². The number of amides is 1. The molecule has 2 N–H and O–H groups in total. The Morgan fingerprint density at radius 1 is 1.18 bits per heavy atom. The average Bonchev–Trinajstić information content (AvgIpc) is 2.47. The number of benzene rings is 2. The van der Waals surface area contributed by atoms with E-state index < -0.39 is 12.1 Å². The van der Waals surface area contributed by atoms with Crippen LogP contribution in [-0.4, -0.2) is 23.1 Å². The zero-order chi connectivity index (χ0) is 16.1. The molecule has 0 aliphatic rings. The quantitative estimate of drug-likeness (QED) is 0.851. The summed E-state index contributed by atoms with van der Waals surface area (Å²) in [6.45, 7) is 1.62. The minimum atomic E-state index is -1.05. The third kappa shape index (κ3) is 4.33. The van der Waals surface area contributed by atoms with E-state index >= 15 is 0 Å². The minimum Gasteiger partial charge on any atom is -0.481 e. The molecule has 2 aromatic carbocycles. The molecule has 1 unspecified atom stereocenters. The van der Waals surface area contributed by atoms with Crippen LogP contribution in [0.2, 0.25) is 0 Å². The minimum absolute atomic E-state index is 0.110. The maximum absolute atomic E-state index is 12.1. The van der Waals surface area contributed by atoms with Crippen molar-refractivity contribution in [3.8, 4) is 5.75 Å². The van der Waals surface area contributed by atoms with Crippen LogP contribution in [0.1, 0.15) is 17.3 Å². The van der Waals surface area contributed by atoms with Gasteiger partial charge in [0.2, 0.25) is 0 Å². The smallest absolute Gasteiger partial charge is 0.335 e. The fourth-order valence-electron chi connectivity index (χ4n) is 1.77. The SMILES string of the molecule is CC(Oc1cccc(Br)c1)C(=O)Nc1cccc(C(=O)O)c1. The van der Waals surface area contributed by atoms with Gasteiger partial charge in [-0.15, -0.1) is 0 Å². The van der Waals surface area contributed by atoms with Gasteiger partial charge < -0.3 is 15.2 Å². The number of nitrogens with one attached hydrogen (secondary N) is 1. The topological polar surface area (TPSA) is 75.6 Å². The first-order valence-corrected chi connectivity index (χ1v) is 7.31. The molecule has 0 aliphatic carbocycles. The summed E-state index contributed by atoms with van der Waals surface area (Å²) in [4.78, 5) is 23.0. The van der Waals surface area contributed by atoms with Gasteiger partial charge in [-0.05, 0) is 43.3 Å². The van der Waals surface area contributed by atoms with Crippen molar-refractivity contribution < 1.29 is 19.4 Å². The molecule has 2 rings (SSSR count). The number of halogens is 1. The Morgan fingerprint density at radius 3 is 2.59 bits per heavy atom. The molecule has 0 saturated carbocycles. The summed E-state index contributed by atoms with van der Waals surface area (Å²) in [5, 5.41) is 11.6. The van der Waals surface area contributed by atoms with Crippen molar-refractivity contribution in [3.05, 3.63) is 58.6 Å². The molecule has 5 nitrogen and oxygen atoms in total. The summed E-state index contributed by atoms with van der Waals surface area (Å²) in [7, 11) is 0. The van der Waals surface area contributed by atoms with E-state index in [1.54, 1.807) is 37.3 Å². The van der Waals surface area contributed by atoms with Crippen molar-refractivity contribution in [2.75, 3.05) is 5.32 Å². The van der Waals surface area contributed by atoms with E-state index in [1.165, 1.54) is 12.1 Å². The van der Waals surface area contributed by atoms with Crippen LogP contribution < -0.4 is 10.1 Å². The second kappa shape index (κ2) is 7.09. The number of carboxylic acids is 1. The van der Waals surface area contributed by atoms with E-state index in [-0.39, 0.29) is 11.5 Å². The summed E-state index contributed by atoms with van der Waals surface area (Å²) in [6, 6.07) is 13.2. The van der Waals surface area contributed by atoms with Crippen LogP contribution in [0.25, 0.3) is 0 Å². The van der Waals surface area contributed by atoms with Gasteiger partial charge in [-0.1, -0.05) is 28.1 Å². The number of carbonyl (C=O) groups is 2. The molecule has 6 heteroatoms. The summed E-state index contributed by atoms with van der Waals surface area (Å²) in [5.41, 5.74) is 0.521. The van der Waals surface area contributed by atoms with Crippen LogP contribution in [0.15, 0.2) is 53.0 Å². The Balaban J connectivity index is 2.02. The van der Waals surface area contributed by atoms with Crippen molar-refractivity contribution in [1.29, 1.82) is 0 Å². The van der Waals surface area contributed by atoms with E-state index in [0.29, 0.717) is 11.4 Å². The van der Waals surface area contributed by atoms with E-state index in [9.17, 15) is 9.59 Å². The highest BCUT2D eigenvalue weighted by Crippen LogP contribution is 2.19. The van der Waals surface area contributed by atoms with Crippen LogP contribution in [-0.2, 0) is 4.79 Å². The normalized spacial score (nSPS) is 11.5. The molecule has 1 atom stereocenters. The van der Waals surface area contributed by atoms with Crippen molar-refractivity contribution >= 4 is 33.5 Å². The lowest BCUT2D eigenvalue weighted by molar-refractivity contribution is -0.122. The molecule has 0 heterocycles. The first kappa shape index (κ1) is 16.0. The Labute approximate surface area is 136 Å². The number of ether oxygens (including phenoxy) is 1. The van der Waals surface area contributed by atoms with Crippen molar-refractivity contribution in [1.82, 2.24) is 0 Å². The number of aromatic carboxylic acids is 1. The molecule has 2 aromatic rings. The van der Waals surface area contributed by atoms with Gasteiger partial charge in [-0.3, -0.25) is 4.79 Å². The fraction of sp³-hybridized carbons (Fsp3) is 0.125. The number of carbonyl (C=O) groups excluding carboxylic acids is 1. The number of hydrogen-bond acceptors (Lipinski definition) is 3. The van der Waals surface area contributed by atoms with Crippen molar-refractivity contribution in [2.45, 2.75) is 13.0 Å². The zero-order valence-corrected chi connectivity index (χ0v) is 13.3. The summed E-state index contributed by atoms with van der Waals surface area (Å²) < 4.78 is 6.40. The van der Waals surface area contributed by atoms with Gasteiger partial charge in [0.15, 0.2) is 6.10 Å². The monoisotopic (exact) mass is 363 g/mol. The molecular weight excluding hydrogens is 350 g/mol. The summed E-state index contributed by atoms with van der Waals surface area (Å²) in [6.07, 6.45) is -0.720. The molecule has 0 radical (unpaired) electrons. The molecule has 0 saturated heterocycles. The Morgan fingerprint density at radius 2 is 1.91 bits per heavy atom. The number of rotatable bonds is 5. The average molecular weight is 364 g/mol. The van der Waals surface area contributed by atoms with Crippen LogP contribution >= 0.6 is 15.9 Å². The van der Waals surface area contributed by atoms with Crippen LogP contribution in [0.5, 0.6) is 5.75 Å². The first-order valence-electron chi connectivity index (χ1n) is 6.52. The standard InChI is InChI=1S/C16H14BrNO4/c1-10(22-14-7-3-5-12(17)9-14)15(19)18-13-6-2-4-11(8-13)16(20)21/h2-10H,1H3,(H,18,19)(H,20,21). The third-order valence-corrected chi connectivity index (χ3v) is 3.35. The fourth-order valence-corrected chi connectivity index (χ4v) is 2.15.